The number of hydrogen-bond acceptors (Lipinski definition) is 5. The number of ether oxygens (including phenoxy) is 1. The second kappa shape index (κ2) is 4.73. The zero-order valence-electron chi connectivity index (χ0n) is 9.53. The van der Waals surface area contributed by atoms with Crippen molar-refractivity contribution >= 4 is 11.6 Å². The van der Waals surface area contributed by atoms with Crippen molar-refractivity contribution in [2.45, 2.75) is 13.5 Å². The number of hydrogen-bond donors (Lipinski definition) is 1. The van der Waals surface area contributed by atoms with Crippen LogP contribution in [0.15, 0.2) is 16.7 Å². The third-order valence-electron chi connectivity index (χ3n) is 2.44. The van der Waals surface area contributed by atoms with Gasteiger partial charge in [0.15, 0.2) is 0 Å². The van der Waals surface area contributed by atoms with Crippen LogP contribution < -0.4 is 10.5 Å². The Morgan fingerprint density at radius 2 is 2.24 bits per heavy atom. The fourth-order valence-corrected chi connectivity index (χ4v) is 1.66. The van der Waals surface area contributed by atoms with Gasteiger partial charge in [-0.05, 0) is 24.6 Å². The Kier molecular flexibility index (Phi) is 3.31. The lowest BCUT2D eigenvalue weighted by molar-refractivity contribution is 0.380. The molecule has 0 aliphatic heterocycles. The summed E-state index contributed by atoms with van der Waals surface area (Å²) in [5.74, 6) is 1.50. The van der Waals surface area contributed by atoms with Gasteiger partial charge in [0.2, 0.25) is 11.7 Å². The molecule has 0 aliphatic rings. The van der Waals surface area contributed by atoms with Crippen molar-refractivity contribution in [3.8, 4) is 17.1 Å². The number of halogens is 1. The fourth-order valence-electron chi connectivity index (χ4n) is 1.45. The molecule has 0 radical (unpaired) electrons. The van der Waals surface area contributed by atoms with E-state index in [9.17, 15) is 0 Å². The highest BCUT2D eigenvalue weighted by Crippen LogP contribution is 2.31. The molecule has 0 bridgehead atoms. The van der Waals surface area contributed by atoms with Gasteiger partial charge < -0.3 is 15.0 Å². The highest BCUT2D eigenvalue weighted by molar-refractivity contribution is 6.31. The quantitative estimate of drug-likeness (QED) is 0.907. The average molecular weight is 254 g/mol. The molecular weight excluding hydrogens is 242 g/mol. The topological polar surface area (TPSA) is 74.2 Å². The van der Waals surface area contributed by atoms with Crippen LogP contribution in [-0.2, 0) is 6.54 Å². The van der Waals surface area contributed by atoms with Crippen LogP contribution in [0.2, 0.25) is 5.02 Å². The molecule has 5 nitrogen and oxygen atoms in total. The third kappa shape index (κ3) is 2.25. The maximum absolute atomic E-state index is 6.10. The van der Waals surface area contributed by atoms with E-state index < -0.39 is 0 Å². The summed E-state index contributed by atoms with van der Waals surface area (Å²) < 4.78 is 10.1. The molecule has 1 aromatic carbocycles. The number of aromatic nitrogens is 2. The molecule has 0 spiro atoms. The second-order valence-corrected chi connectivity index (χ2v) is 3.90. The van der Waals surface area contributed by atoms with Crippen LogP contribution in [0, 0.1) is 6.92 Å². The van der Waals surface area contributed by atoms with Crippen molar-refractivity contribution < 1.29 is 9.26 Å². The second-order valence-electron chi connectivity index (χ2n) is 3.50. The first kappa shape index (κ1) is 11.9. The van der Waals surface area contributed by atoms with Crippen molar-refractivity contribution in [3.05, 3.63) is 28.6 Å². The first-order valence-corrected chi connectivity index (χ1v) is 5.40. The Bertz CT molecular complexity index is 540. The summed E-state index contributed by atoms with van der Waals surface area (Å²) in [6, 6.07) is 3.55. The number of nitrogens with zero attached hydrogens (tertiary/aromatic N) is 2. The molecule has 0 fully saturated rings. The molecule has 90 valence electrons. The number of rotatable bonds is 3. The molecule has 1 aromatic heterocycles. The summed E-state index contributed by atoms with van der Waals surface area (Å²) in [6.45, 7) is 2.10. The van der Waals surface area contributed by atoms with Crippen molar-refractivity contribution in [2.75, 3.05) is 7.11 Å². The van der Waals surface area contributed by atoms with Gasteiger partial charge in [-0.25, -0.2) is 0 Å². The smallest absolute Gasteiger partial charge is 0.240 e. The Morgan fingerprint density at radius 3 is 2.82 bits per heavy atom. The van der Waals surface area contributed by atoms with E-state index in [0.29, 0.717) is 22.5 Å². The van der Waals surface area contributed by atoms with Gasteiger partial charge in [0.05, 0.1) is 13.7 Å². The molecule has 2 N–H and O–H groups in total. The summed E-state index contributed by atoms with van der Waals surface area (Å²) >= 11 is 6.10. The van der Waals surface area contributed by atoms with E-state index in [0.717, 1.165) is 11.1 Å². The van der Waals surface area contributed by atoms with Crippen molar-refractivity contribution in [1.82, 2.24) is 10.1 Å². The molecular formula is C11H12ClN3O2. The minimum Gasteiger partial charge on any atom is -0.497 e. The lowest BCUT2D eigenvalue weighted by Crippen LogP contribution is -1.96. The molecule has 0 unspecified atom stereocenters. The van der Waals surface area contributed by atoms with Crippen LogP contribution in [0.5, 0.6) is 5.75 Å². The van der Waals surface area contributed by atoms with Crippen LogP contribution in [0.1, 0.15) is 11.5 Å². The van der Waals surface area contributed by atoms with Gasteiger partial charge >= 0.3 is 0 Å². The predicted octanol–water partition coefficient (Wildman–Crippen LogP) is 2.17. The molecule has 0 amide bonds. The van der Waals surface area contributed by atoms with Gasteiger partial charge in [-0.3, -0.25) is 0 Å². The van der Waals surface area contributed by atoms with Crippen molar-refractivity contribution in [2.24, 2.45) is 5.73 Å². The van der Waals surface area contributed by atoms with Crippen LogP contribution in [-0.4, -0.2) is 17.3 Å². The average Bonchev–Trinajstić information content (AvgIpc) is 2.81. The fraction of sp³-hybridized carbons (Fsp3) is 0.273. The van der Waals surface area contributed by atoms with Crippen LogP contribution in [0.25, 0.3) is 11.4 Å². The molecule has 2 aromatic rings. The maximum atomic E-state index is 6.10. The number of methoxy groups -OCH3 is 1. The first-order chi connectivity index (χ1) is 8.15. The normalized spacial score (nSPS) is 10.6. The number of benzene rings is 1. The zero-order chi connectivity index (χ0) is 12.4. The van der Waals surface area contributed by atoms with Crippen LogP contribution in [0.3, 0.4) is 0 Å². The van der Waals surface area contributed by atoms with Crippen LogP contribution in [0.4, 0.5) is 0 Å². The summed E-state index contributed by atoms with van der Waals surface area (Å²) in [5, 5.41) is 4.45. The van der Waals surface area contributed by atoms with Gasteiger partial charge in [0.25, 0.3) is 0 Å². The SMILES string of the molecule is COc1cc(Cl)c(C)c(-c2noc(CN)n2)c1. The lowest BCUT2D eigenvalue weighted by Gasteiger charge is -2.07. The van der Waals surface area contributed by atoms with E-state index in [1.165, 1.54) is 0 Å². The van der Waals surface area contributed by atoms with Gasteiger partial charge in [-0.15, -0.1) is 0 Å². The highest BCUT2D eigenvalue weighted by atomic mass is 35.5. The van der Waals surface area contributed by atoms with Crippen molar-refractivity contribution in [3.63, 3.8) is 0 Å². The van der Waals surface area contributed by atoms with E-state index in [1.54, 1.807) is 13.2 Å². The first-order valence-electron chi connectivity index (χ1n) is 5.03. The molecule has 0 atom stereocenters. The Morgan fingerprint density at radius 1 is 1.47 bits per heavy atom. The minimum absolute atomic E-state index is 0.212. The van der Waals surface area contributed by atoms with E-state index in [1.807, 2.05) is 13.0 Å². The van der Waals surface area contributed by atoms with Gasteiger partial charge in [-0.2, -0.15) is 4.98 Å². The Labute approximate surface area is 104 Å². The van der Waals surface area contributed by atoms with E-state index in [2.05, 4.69) is 10.1 Å². The molecule has 1 heterocycles. The maximum Gasteiger partial charge on any atom is 0.240 e. The van der Waals surface area contributed by atoms with E-state index in [-0.39, 0.29) is 6.54 Å². The summed E-state index contributed by atoms with van der Waals surface area (Å²) in [5.41, 5.74) is 7.07. The van der Waals surface area contributed by atoms with Crippen LogP contribution >= 0.6 is 11.6 Å². The minimum atomic E-state index is 0.212. The largest absolute Gasteiger partial charge is 0.497 e. The lowest BCUT2D eigenvalue weighted by atomic mass is 10.1. The third-order valence-corrected chi connectivity index (χ3v) is 2.83. The molecule has 0 saturated heterocycles. The summed E-state index contributed by atoms with van der Waals surface area (Å²) in [7, 11) is 1.58. The molecule has 0 saturated carbocycles. The van der Waals surface area contributed by atoms with Gasteiger partial charge in [0, 0.05) is 10.6 Å². The van der Waals surface area contributed by atoms with Gasteiger partial charge in [-0.1, -0.05) is 16.8 Å². The Balaban J connectivity index is 2.53. The molecule has 17 heavy (non-hydrogen) atoms. The Hall–Kier alpha value is -1.59. The predicted molar refractivity (Wildman–Crippen MR) is 63.9 cm³/mol. The summed E-state index contributed by atoms with van der Waals surface area (Å²) in [4.78, 5) is 4.16. The molecule has 2 rings (SSSR count). The van der Waals surface area contributed by atoms with Gasteiger partial charge in [0.1, 0.15) is 5.75 Å². The molecule has 6 heteroatoms. The monoisotopic (exact) mass is 253 g/mol. The summed E-state index contributed by atoms with van der Waals surface area (Å²) in [6.07, 6.45) is 0. The van der Waals surface area contributed by atoms with Crippen molar-refractivity contribution in [1.29, 1.82) is 0 Å². The highest BCUT2D eigenvalue weighted by Gasteiger charge is 2.13. The number of nitrogens with two attached hydrogens (primary N) is 1. The van der Waals surface area contributed by atoms with E-state index in [4.69, 9.17) is 26.6 Å². The zero-order valence-corrected chi connectivity index (χ0v) is 10.3. The standard InChI is InChI=1S/C11H12ClN3O2/c1-6-8(3-7(16-2)4-9(6)12)11-14-10(5-13)17-15-11/h3-4H,5,13H2,1-2H3. The van der Waals surface area contributed by atoms with E-state index >= 15 is 0 Å². The molecule has 0 aliphatic carbocycles.